The summed E-state index contributed by atoms with van der Waals surface area (Å²) in [6, 6.07) is 6.48. The Kier molecular flexibility index (Phi) is 5.49. The first-order valence-electron chi connectivity index (χ1n) is 6.47. The van der Waals surface area contributed by atoms with Crippen molar-refractivity contribution in [3.05, 3.63) is 52.5 Å². The maximum Gasteiger partial charge on any atom is 0.150 e. The van der Waals surface area contributed by atoms with Crippen LogP contribution in [0, 0.1) is 5.82 Å². The van der Waals surface area contributed by atoms with Gasteiger partial charge >= 0.3 is 0 Å². The fraction of sp³-hybridized carbons (Fsp3) is 0.267. The number of ether oxygens (including phenoxy) is 1. The Bertz CT molecular complexity index is 578. The third-order valence-electron chi connectivity index (χ3n) is 2.73. The molecule has 0 unspecified atom stereocenters. The predicted molar refractivity (Wildman–Crippen MR) is 80.4 cm³/mol. The molecule has 0 bridgehead atoms. The van der Waals surface area contributed by atoms with Gasteiger partial charge in [-0.05, 0) is 53.2 Å². The monoisotopic (exact) mass is 338 g/mol. The van der Waals surface area contributed by atoms with E-state index in [1.165, 1.54) is 6.07 Å². The van der Waals surface area contributed by atoms with Crippen LogP contribution in [0.2, 0.25) is 0 Å². The van der Waals surface area contributed by atoms with Gasteiger partial charge in [0.2, 0.25) is 0 Å². The van der Waals surface area contributed by atoms with Crippen molar-refractivity contribution in [2.75, 3.05) is 6.54 Å². The van der Waals surface area contributed by atoms with Crippen LogP contribution in [0.1, 0.15) is 18.9 Å². The fourth-order valence-electron chi connectivity index (χ4n) is 1.71. The second-order valence-electron chi connectivity index (χ2n) is 4.34. The maximum atomic E-state index is 13.2. The molecule has 1 aromatic carbocycles. The molecule has 0 saturated heterocycles. The average molecular weight is 339 g/mol. The van der Waals surface area contributed by atoms with E-state index in [1.54, 1.807) is 24.5 Å². The van der Waals surface area contributed by atoms with Crippen molar-refractivity contribution in [2.45, 2.75) is 19.9 Å². The van der Waals surface area contributed by atoms with E-state index in [1.807, 2.05) is 6.07 Å². The molecular formula is C15H16BrFN2O. The zero-order valence-electron chi connectivity index (χ0n) is 11.2. The average Bonchev–Trinajstić information content (AvgIpc) is 2.45. The van der Waals surface area contributed by atoms with Crippen LogP contribution in [-0.4, -0.2) is 11.5 Å². The van der Waals surface area contributed by atoms with Crippen molar-refractivity contribution in [1.29, 1.82) is 0 Å². The minimum atomic E-state index is -0.312. The topological polar surface area (TPSA) is 34.2 Å². The normalized spacial score (nSPS) is 10.6. The van der Waals surface area contributed by atoms with Crippen molar-refractivity contribution >= 4 is 15.9 Å². The molecule has 0 radical (unpaired) electrons. The largest absolute Gasteiger partial charge is 0.455 e. The molecule has 0 aliphatic heterocycles. The van der Waals surface area contributed by atoms with E-state index in [4.69, 9.17) is 4.74 Å². The molecule has 5 heteroatoms. The number of aromatic nitrogens is 1. The van der Waals surface area contributed by atoms with Crippen LogP contribution >= 0.6 is 15.9 Å². The number of benzene rings is 1. The molecule has 1 N–H and O–H groups in total. The van der Waals surface area contributed by atoms with E-state index in [0.29, 0.717) is 22.5 Å². The van der Waals surface area contributed by atoms with Crippen molar-refractivity contribution in [3.63, 3.8) is 0 Å². The Labute approximate surface area is 126 Å². The van der Waals surface area contributed by atoms with Crippen LogP contribution < -0.4 is 10.1 Å². The van der Waals surface area contributed by atoms with E-state index < -0.39 is 0 Å². The summed E-state index contributed by atoms with van der Waals surface area (Å²) in [7, 11) is 0. The number of nitrogens with zero attached hydrogens (tertiary/aromatic N) is 1. The van der Waals surface area contributed by atoms with E-state index in [2.05, 4.69) is 33.2 Å². The highest BCUT2D eigenvalue weighted by atomic mass is 79.9. The quantitative estimate of drug-likeness (QED) is 0.798. The maximum absolute atomic E-state index is 13.2. The van der Waals surface area contributed by atoms with Crippen molar-refractivity contribution in [1.82, 2.24) is 10.3 Å². The SMILES string of the molecule is CCCNCc1ccncc1Oc1ccc(F)c(Br)c1. The van der Waals surface area contributed by atoms with Crippen LogP contribution in [0.4, 0.5) is 4.39 Å². The van der Waals surface area contributed by atoms with E-state index in [-0.39, 0.29) is 5.82 Å². The number of hydrogen-bond donors (Lipinski definition) is 1. The number of pyridine rings is 1. The molecule has 106 valence electrons. The van der Waals surface area contributed by atoms with Gasteiger partial charge in [-0.25, -0.2) is 4.39 Å². The number of halogens is 2. The summed E-state index contributed by atoms with van der Waals surface area (Å²) in [5.74, 6) is 0.936. The van der Waals surface area contributed by atoms with Gasteiger partial charge in [0.05, 0.1) is 10.7 Å². The van der Waals surface area contributed by atoms with Gasteiger partial charge in [-0.2, -0.15) is 0 Å². The van der Waals surface area contributed by atoms with Crippen LogP contribution in [-0.2, 0) is 6.54 Å². The predicted octanol–water partition coefficient (Wildman–Crippen LogP) is 4.28. The molecule has 0 atom stereocenters. The summed E-state index contributed by atoms with van der Waals surface area (Å²) < 4.78 is 19.4. The molecule has 20 heavy (non-hydrogen) atoms. The Hall–Kier alpha value is -1.46. The minimum absolute atomic E-state index is 0.312. The van der Waals surface area contributed by atoms with Crippen LogP contribution in [0.5, 0.6) is 11.5 Å². The molecule has 3 nitrogen and oxygen atoms in total. The first kappa shape index (κ1) is 14.9. The van der Waals surface area contributed by atoms with Gasteiger partial charge in [0.1, 0.15) is 17.3 Å². The first-order chi connectivity index (χ1) is 9.70. The van der Waals surface area contributed by atoms with Gasteiger partial charge in [0.15, 0.2) is 0 Å². The minimum Gasteiger partial charge on any atom is -0.455 e. The highest BCUT2D eigenvalue weighted by Crippen LogP contribution is 2.28. The van der Waals surface area contributed by atoms with Gasteiger partial charge in [-0.3, -0.25) is 4.98 Å². The van der Waals surface area contributed by atoms with Crippen molar-refractivity contribution < 1.29 is 9.13 Å². The molecule has 0 spiro atoms. The van der Waals surface area contributed by atoms with E-state index >= 15 is 0 Å². The molecular weight excluding hydrogens is 323 g/mol. The second-order valence-corrected chi connectivity index (χ2v) is 5.19. The second kappa shape index (κ2) is 7.36. The Morgan fingerprint density at radius 1 is 1.35 bits per heavy atom. The van der Waals surface area contributed by atoms with Crippen molar-refractivity contribution in [2.24, 2.45) is 0 Å². The molecule has 1 aromatic heterocycles. The van der Waals surface area contributed by atoms with Crippen LogP contribution in [0.15, 0.2) is 41.1 Å². The van der Waals surface area contributed by atoms with Gasteiger partial charge in [-0.15, -0.1) is 0 Å². The number of nitrogens with one attached hydrogen (secondary N) is 1. The zero-order chi connectivity index (χ0) is 14.4. The molecule has 0 amide bonds. The highest BCUT2D eigenvalue weighted by Gasteiger charge is 2.07. The van der Waals surface area contributed by atoms with Crippen LogP contribution in [0.25, 0.3) is 0 Å². The lowest BCUT2D eigenvalue weighted by Gasteiger charge is -2.11. The Morgan fingerprint density at radius 2 is 2.20 bits per heavy atom. The third-order valence-corrected chi connectivity index (χ3v) is 3.34. The lowest BCUT2D eigenvalue weighted by atomic mass is 10.2. The molecule has 0 aliphatic rings. The van der Waals surface area contributed by atoms with Gasteiger partial charge < -0.3 is 10.1 Å². The molecule has 2 aromatic rings. The van der Waals surface area contributed by atoms with Gasteiger partial charge in [0, 0.05) is 18.3 Å². The summed E-state index contributed by atoms with van der Waals surface area (Å²) in [5.41, 5.74) is 1.02. The smallest absolute Gasteiger partial charge is 0.150 e. The summed E-state index contributed by atoms with van der Waals surface area (Å²) in [4.78, 5) is 4.07. The van der Waals surface area contributed by atoms with Gasteiger partial charge in [0.25, 0.3) is 0 Å². The summed E-state index contributed by atoms with van der Waals surface area (Å²) in [6.45, 7) is 3.78. The molecule has 0 fully saturated rings. The first-order valence-corrected chi connectivity index (χ1v) is 7.26. The van der Waals surface area contributed by atoms with Crippen molar-refractivity contribution in [3.8, 4) is 11.5 Å². The molecule has 2 rings (SSSR count). The highest BCUT2D eigenvalue weighted by molar-refractivity contribution is 9.10. The summed E-state index contributed by atoms with van der Waals surface area (Å²) in [5, 5.41) is 3.32. The molecule has 0 aliphatic carbocycles. The lowest BCUT2D eigenvalue weighted by Crippen LogP contribution is -2.14. The van der Waals surface area contributed by atoms with E-state index in [9.17, 15) is 4.39 Å². The third kappa shape index (κ3) is 4.02. The number of hydrogen-bond acceptors (Lipinski definition) is 3. The zero-order valence-corrected chi connectivity index (χ0v) is 12.8. The Morgan fingerprint density at radius 3 is 2.95 bits per heavy atom. The fourth-order valence-corrected chi connectivity index (χ4v) is 2.07. The van der Waals surface area contributed by atoms with Gasteiger partial charge in [-0.1, -0.05) is 6.92 Å². The lowest BCUT2D eigenvalue weighted by molar-refractivity contribution is 0.467. The standard InChI is InChI=1S/C15H16BrFN2O/c1-2-6-18-9-11-5-7-19-10-15(11)20-12-3-4-14(17)13(16)8-12/h3-5,7-8,10,18H,2,6,9H2,1H3. The summed E-state index contributed by atoms with van der Waals surface area (Å²) >= 11 is 3.15. The summed E-state index contributed by atoms with van der Waals surface area (Å²) in [6.07, 6.45) is 4.48. The Balaban J connectivity index is 2.13. The van der Waals surface area contributed by atoms with E-state index in [0.717, 1.165) is 18.5 Å². The molecule has 0 saturated carbocycles. The molecule has 1 heterocycles. The van der Waals surface area contributed by atoms with Crippen LogP contribution in [0.3, 0.4) is 0 Å². The number of rotatable bonds is 6.